The van der Waals surface area contributed by atoms with E-state index in [2.05, 4.69) is 15.6 Å². The number of thiazole rings is 1. The predicted octanol–water partition coefficient (Wildman–Crippen LogP) is 0.258. The summed E-state index contributed by atoms with van der Waals surface area (Å²) in [7, 11) is 0. The molecule has 0 bridgehead atoms. The van der Waals surface area contributed by atoms with Gasteiger partial charge in [0, 0.05) is 44.3 Å². The first-order chi connectivity index (χ1) is 7.36. The number of hydrogen-bond donors (Lipinski definition) is 2. The molecule has 0 radical (unpaired) electrons. The first kappa shape index (κ1) is 10.4. The van der Waals surface area contributed by atoms with E-state index in [1.807, 2.05) is 10.3 Å². The van der Waals surface area contributed by atoms with Crippen LogP contribution in [0, 0.1) is 0 Å². The molecular formula is C9H14N4OS. The number of carbonyl (C=O) groups is 1. The quantitative estimate of drug-likeness (QED) is 0.708. The zero-order valence-electron chi connectivity index (χ0n) is 8.40. The molecule has 2 heterocycles. The van der Waals surface area contributed by atoms with Crippen molar-refractivity contribution in [1.82, 2.24) is 20.5 Å². The third-order valence-corrected chi connectivity index (χ3v) is 3.04. The Morgan fingerprint density at radius 3 is 3.27 bits per heavy atom. The fraction of sp³-hybridized carbons (Fsp3) is 0.556. The third kappa shape index (κ3) is 2.90. The number of nitrogens with one attached hydrogen (secondary N) is 2. The minimum Gasteiger partial charge on any atom is -0.336 e. The summed E-state index contributed by atoms with van der Waals surface area (Å²) < 4.78 is 0. The fourth-order valence-electron chi connectivity index (χ4n) is 1.47. The number of amides is 2. The van der Waals surface area contributed by atoms with Gasteiger partial charge >= 0.3 is 6.03 Å². The topological polar surface area (TPSA) is 57.3 Å². The number of nitrogens with zero attached hydrogens (tertiary/aromatic N) is 2. The van der Waals surface area contributed by atoms with E-state index in [1.54, 1.807) is 17.5 Å². The maximum atomic E-state index is 11.2. The van der Waals surface area contributed by atoms with Gasteiger partial charge in [-0.25, -0.2) is 9.78 Å². The lowest BCUT2D eigenvalue weighted by Crippen LogP contribution is -2.34. The van der Waals surface area contributed by atoms with Crippen LogP contribution in [0.4, 0.5) is 4.79 Å². The number of hydrogen-bond acceptors (Lipinski definition) is 4. The van der Waals surface area contributed by atoms with Crippen LogP contribution in [0.5, 0.6) is 0 Å². The van der Waals surface area contributed by atoms with Crippen LogP contribution in [0.15, 0.2) is 11.6 Å². The van der Waals surface area contributed by atoms with Gasteiger partial charge in [-0.05, 0) is 0 Å². The van der Waals surface area contributed by atoms with Crippen LogP contribution >= 0.6 is 11.3 Å². The summed E-state index contributed by atoms with van der Waals surface area (Å²) in [4.78, 5) is 17.2. The maximum absolute atomic E-state index is 11.2. The highest BCUT2D eigenvalue weighted by Crippen LogP contribution is 2.02. The molecule has 1 aromatic rings. The van der Waals surface area contributed by atoms with Gasteiger partial charge in [-0.1, -0.05) is 0 Å². The Labute approximate surface area is 92.5 Å². The van der Waals surface area contributed by atoms with Gasteiger partial charge < -0.3 is 15.5 Å². The van der Waals surface area contributed by atoms with Crippen LogP contribution in [0.25, 0.3) is 0 Å². The Morgan fingerprint density at radius 1 is 1.67 bits per heavy atom. The standard InChI is InChI=1S/C9H14N4OS/c14-9-12-2-5-13(9)4-1-10-7-8-11-3-6-15-8/h3,6,10H,1-2,4-5,7H2,(H,12,14). The monoisotopic (exact) mass is 226 g/mol. The van der Waals surface area contributed by atoms with E-state index in [0.717, 1.165) is 37.7 Å². The smallest absolute Gasteiger partial charge is 0.317 e. The molecule has 1 aliphatic heterocycles. The van der Waals surface area contributed by atoms with E-state index >= 15 is 0 Å². The zero-order chi connectivity index (χ0) is 10.5. The van der Waals surface area contributed by atoms with Crippen LogP contribution in [-0.4, -0.2) is 42.1 Å². The van der Waals surface area contributed by atoms with Gasteiger partial charge in [0.15, 0.2) is 0 Å². The normalized spacial score (nSPS) is 15.7. The molecule has 0 atom stereocenters. The lowest BCUT2D eigenvalue weighted by atomic mass is 10.5. The lowest BCUT2D eigenvalue weighted by Gasteiger charge is -2.13. The Bertz CT molecular complexity index is 314. The molecule has 82 valence electrons. The van der Waals surface area contributed by atoms with Gasteiger partial charge in [-0.2, -0.15) is 0 Å². The molecule has 2 amide bonds. The number of urea groups is 1. The van der Waals surface area contributed by atoms with E-state index in [9.17, 15) is 4.79 Å². The molecule has 2 N–H and O–H groups in total. The zero-order valence-corrected chi connectivity index (χ0v) is 9.22. The van der Waals surface area contributed by atoms with Crippen molar-refractivity contribution in [3.63, 3.8) is 0 Å². The number of carbonyl (C=O) groups excluding carboxylic acids is 1. The van der Waals surface area contributed by atoms with Crippen molar-refractivity contribution in [3.8, 4) is 0 Å². The molecule has 0 aliphatic carbocycles. The van der Waals surface area contributed by atoms with Gasteiger partial charge in [0.25, 0.3) is 0 Å². The van der Waals surface area contributed by atoms with E-state index in [0.29, 0.717) is 0 Å². The Hall–Kier alpha value is -1.14. The highest BCUT2D eigenvalue weighted by molar-refractivity contribution is 7.09. The second kappa shape index (κ2) is 5.09. The first-order valence-corrected chi connectivity index (χ1v) is 5.86. The van der Waals surface area contributed by atoms with Crippen LogP contribution in [0.3, 0.4) is 0 Å². The van der Waals surface area contributed by atoms with E-state index < -0.39 is 0 Å². The average molecular weight is 226 g/mol. The van der Waals surface area contributed by atoms with E-state index in [-0.39, 0.29) is 6.03 Å². The molecule has 1 aliphatic rings. The minimum absolute atomic E-state index is 0.0473. The molecule has 0 spiro atoms. The summed E-state index contributed by atoms with van der Waals surface area (Å²) >= 11 is 1.64. The summed E-state index contributed by atoms with van der Waals surface area (Å²) in [5.74, 6) is 0. The highest BCUT2D eigenvalue weighted by Gasteiger charge is 2.17. The predicted molar refractivity (Wildman–Crippen MR) is 58.8 cm³/mol. The van der Waals surface area contributed by atoms with Crippen LogP contribution < -0.4 is 10.6 Å². The lowest BCUT2D eigenvalue weighted by molar-refractivity contribution is 0.217. The van der Waals surface area contributed by atoms with Crippen molar-refractivity contribution in [2.24, 2.45) is 0 Å². The summed E-state index contributed by atoms with van der Waals surface area (Å²) in [6.07, 6.45) is 1.80. The summed E-state index contributed by atoms with van der Waals surface area (Å²) in [5, 5.41) is 9.08. The molecule has 6 heteroatoms. The van der Waals surface area contributed by atoms with Gasteiger partial charge in [0.05, 0.1) is 0 Å². The molecule has 0 aromatic carbocycles. The van der Waals surface area contributed by atoms with E-state index in [1.165, 1.54) is 0 Å². The molecule has 1 fully saturated rings. The third-order valence-electron chi connectivity index (χ3n) is 2.26. The molecule has 0 unspecified atom stereocenters. The molecule has 1 aromatic heterocycles. The molecule has 5 nitrogen and oxygen atoms in total. The Kier molecular flexibility index (Phi) is 3.52. The van der Waals surface area contributed by atoms with Crippen molar-refractivity contribution in [2.75, 3.05) is 26.2 Å². The van der Waals surface area contributed by atoms with Crippen molar-refractivity contribution in [3.05, 3.63) is 16.6 Å². The molecule has 1 saturated heterocycles. The van der Waals surface area contributed by atoms with Crippen molar-refractivity contribution < 1.29 is 4.79 Å². The van der Waals surface area contributed by atoms with Crippen molar-refractivity contribution >= 4 is 17.4 Å². The molecule has 0 saturated carbocycles. The van der Waals surface area contributed by atoms with Gasteiger partial charge in [-0.15, -0.1) is 11.3 Å². The maximum Gasteiger partial charge on any atom is 0.317 e. The summed E-state index contributed by atoms with van der Waals surface area (Å²) in [6.45, 7) is 3.94. The molecule has 15 heavy (non-hydrogen) atoms. The number of aromatic nitrogens is 1. The fourth-order valence-corrected chi connectivity index (χ4v) is 2.06. The molecule has 2 rings (SSSR count). The van der Waals surface area contributed by atoms with Crippen LogP contribution in [0.1, 0.15) is 5.01 Å². The van der Waals surface area contributed by atoms with Gasteiger partial charge in [-0.3, -0.25) is 0 Å². The van der Waals surface area contributed by atoms with E-state index in [4.69, 9.17) is 0 Å². The van der Waals surface area contributed by atoms with Gasteiger partial charge in [0.1, 0.15) is 5.01 Å². The van der Waals surface area contributed by atoms with Crippen molar-refractivity contribution in [2.45, 2.75) is 6.54 Å². The second-order valence-corrected chi connectivity index (χ2v) is 4.30. The first-order valence-electron chi connectivity index (χ1n) is 4.98. The average Bonchev–Trinajstić information content (AvgIpc) is 2.85. The number of rotatable bonds is 5. The Morgan fingerprint density at radius 2 is 2.60 bits per heavy atom. The SMILES string of the molecule is O=C1NCCN1CCNCc1nccs1. The van der Waals surface area contributed by atoms with Crippen LogP contribution in [0.2, 0.25) is 0 Å². The van der Waals surface area contributed by atoms with Crippen LogP contribution in [-0.2, 0) is 6.54 Å². The highest BCUT2D eigenvalue weighted by atomic mass is 32.1. The molecular weight excluding hydrogens is 212 g/mol. The summed E-state index contributed by atoms with van der Waals surface area (Å²) in [5.41, 5.74) is 0. The Balaban J connectivity index is 1.61. The summed E-state index contributed by atoms with van der Waals surface area (Å²) in [6, 6.07) is 0.0473. The van der Waals surface area contributed by atoms with Crippen molar-refractivity contribution in [1.29, 1.82) is 0 Å². The van der Waals surface area contributed by atoms with Gasteiger partial charge in [0.2, 0.25) is 0 Å². The minimum atomic E-state index is 0.0473. The largest absolute Gasteiger partial charge is 0.336 e. The second-order valence-electron chi connectivity index (χ2n) is 3.32.